The van der Waals surface area contributed by atoms with Gasteiger partial charge in [-0.3, -0.25) is 19.6 Å². The van der Waals surface area contributed by atoms with E-state index in [0.717, 1.165) is 16.8 Å². The first-order chi connectivity index (χ1) is 14.5. The number of fused-ring (bicyclic) bond motifs is 3. The summed E-state index contributed by atoms with van der Waals surface area (Å²) in [7, 11) is 1.72. The predicted molar refractivity (Wildman–Crippen MR) is 112 cm³/mol. The molecule has 4 atom stereocenters. The molecule has 2 aromatic heterocycles. The minimum atomic E-state index is -0.592. The maximum atomic E-state index is 13.1. The topological polar surface area (TPSA) is 91.0 Å². The second-order valence-corrected chi connectivity index (χ2v) is 8.17. The smallest absolute Gasteiger partial charge is 0.272 e. The second kappa shape index (κ2) is 7.09. The van der Waals surface area contributed by atoms with Gasteiger partial charge in [0.1, 0.15) is 17.6 Å². The molecular weight excluding hydrogens is 378 g/mol. The number of hydrogen-bond donors (Lipinski definition) is 2. The average molecular weight is 401 g/mol. The molecule has 2 aliphatic rings. The molecule has 30 heavy (non-hydrogen) atoms. The van der Waals surface area contributed by atoms with Gasteiger partial charge in [-0.2, -0.15) is 5.10 Å². The fraction of sp³-hybridized carbons (Fsp3) is 0.304. The first-order valence-corrected chi connectivity index (χ1v) is 10.2. The Labute approximate surface area is 174 Å². The van der Waals surface area contributed by atoms with Gasteiger partial charge in [0, 0.05) is 25.4 Å². The Morgan fingerprint density at radius 3 is 2.80 bits per heavy atom. The third kappa shape index (κ3) is 3.07. The van der Waals surface area contributed by atoms with E-state index < -0.39 is 6.04 Å². The van der Waals surface area contributed by atoms with Crippen molar-refractivity contribution in [3.8, 4) is 0 Å². The van der Waals surface area contributed by atoms with Crippen LogP contribution < -0.4 is 10.2 Å². The molecule has 3 heterocycles. The van der Waals surface area contributed by atoms with Gasteiger partial charge in [-0.1, -0.05) is 43.3 Å². The number of carbonyl (C=O) groups excluding carboxylic acids is 2. The summed E-state index contributed by atoms with van der Waals surface area (Å²) >= 11 is 0. The Morgan fingerprint density at radius 2 is 2.00 bits per heavy atom. The molecule has 2 amide bonds. The molecule has 1 aliphatic carbocycles. The van der Waals surface area contributed by atoms with Gasteiger partial charge in [0.05, 0.1) is 0 Å². The molecule has 0 saturated heterocycles. The highest BCUT2D eigenvalue weighted by Gasteiger charge is 2.58. The van der Waals surface area contributed by atoms with E-state index in [2.05, 4.69) is 27.4 Å². The molecule has 0 radical (unpaired) electrons. The van der Waals surface area contributed by atoms with Gasteiger partial charge >= 0.3 is 0 Å². The van der Waals surface area contributed by atoms with Crippen LogP contribution in [0.4, 0.5) is 5.82 Å². The lowest BCUT2D eigenvalue weighted by Crippen LogP contribution is -2.49. The van der Waals surface area contributed by atoms with Gasteiger partial charge in [-0.25, -0.2) is 4.98 Å². The van der Waals surface area contributed by atoms with E-state index >= 15 is 0 Å². The number of pyridine rings is 1. The minimum Gasteiger partial charge on any atom is -0.339 e. The minimum absolute atomic E-state index is 0.0667. The first-order valence-electron chi connectivity index (χ1n) is 10.2. The molecule has 5 rings (SSSR count). The van der Waals surface area contributed by atoms with E-state index in [1.807, 2.05) is 42.5 Å². The van der Waals surface area contributed by atoms with Gasteiger partial charge in [-0.15, -0.1) is 0 Å². The van der Waals surface area contributed by atoms with Crippen molar-refractivity contribution in [2.45, 2.75) is 25.3 Å². The largest absolute Gasteiger partial charge is 0.339 e. The quantitative estimate of drug-likeness (QED) is 0.703. The third-order valence-corrected chi connectivity index (χ3v) is 6.31. The highest BCUT2D eigenvalue weighted by Crippen LogP contribution is 2.58. The van der Waals surface area contributed by atoms with E-state index in [4.69, 9.17) is 0 Å². The van der Waals surface area contributed by atoms with Crippen molar-refractivity contribution in [3.63, 3.8) is 0 Å². The Hall–Kier alpha value is -3.48. The van der Waals surface area contributed by atoms with Crippen molar-refractivity contribution in [1.82, 2.24) is 20.5 Å². The van der Waals surface area contributed by atoms with Crippen molar-refractivity contribution < 1.29 is 9.59 Å². The zero-order chi connectivity index (χ0) is 20.8. The van der Waals surface area contributed by atoms with Crippen LogP contribution in [0.2, 0.25) is 0 Å². The summed E-state index contributed by atoms with van der Waals surface area (Å²) in [6, 6.07) is 15.1. The molecule has 3 aromatic rings. The normalized spacial score (nSPS) is 24.6. The summed E-state index contributed by atoms with van der Waals surface area (Å²) < 4.78 is 0. The second-order valence-electron chi connectivity index (χ2n) is 8.17. The Kier molecular flexibility index (Phi) is 4.38. The fourth-order valence-corrected chi connectivity index (χ4v) is 4.68. The van der Waals surface area contributed by atoms with Crippen LogP contribution >= 0.6 is 0 Å². The Balaban J connectivity index is 1.35. The van der Waals surface area contributed by atoms with Gasteiger partial charge in [0.15, 0.2) is 0 Å². The SMILES string of the molecule is CC1C2c3cccnc3N(C)C(=O)[C@@H](NC(=O)c3cc(Cc4ccccc4)[nH]n3)C12. The molecule has 1 fully saturated rings. The van der Waals surface area contributed by atoms with Gasteiger partial charge < -0.3 is 5.32 Å². The Bertz CT molecular complexity index is 1110. The van der Waals surface area contributed by atoms with Crippen molar-refractivity contribution in [3.05, 3.63) is 77.2 Å². The van der Waals surface area contributed by atoms with E-state index in [0.29, 0.717) is 23.9 Å². The highest BCUT2D eigenvalue weighted by molar-refractivity contribution is 6.02. The summed E-state index contributed by atoms with van der Waals surface area (Å²) in [5.74, 6) is 0.805. The van der Waals surface area contributed by atoms with Gasteiger partial charge in [0.25, 0.3) is 11.8 Å². The van der Waals surface area contributed by atoms with E-state index in [9.17, 15) is 9.59 Å². The molecule has 7 heteroatoms. The predicted octanol–water partition coefficient (Wildman–Crippen LogP) is 2.52. The van der Waals surface area contributed by atoms with Crippen molar-refractivity contribution in [1.29, 1.82) is 0 Å². The van der Waals surface area contributed by atoms with Crippen LogP contribution in [-0.4, -0.2) is 40.1 Å². The van der Waals surface area contributed by atoms with Crippen LogP contribution in [0.15, 0.2) is 54.7 Å². The molecule has 7 nitrogen and oxygen atoms in total. The lowest BCUT2D eigenvalue weighted by Gasteiger charge is -2.23. The summed E-state index contributed by atoms with van der Waals surface area (Å²) in [5.41, 5.74) is 3.35. The number of nitrogens with one attached hydrogen (secondary N) is 2. The lowest BCUT2D eigenvalue weighted by atomic mass is 10.1. The average Bonchev–Trinajstić information content (AvgIpc) is 3.21. The van der Waals surface area contributed by atoms with Crippen LogP contribution in [-0.2, 0) is 11.2 Å². The standard InChI is InChI=1S/C23H23N5O2/c1-13-18-16-9-6-10-24-21(16)28(2)23(30)20(19(13)18)25-22(29)17-12-15(26-27-17)11-14-7-4-3-5-8-14/h3-10,12-13,18-20H,11H2,1-2H3,(H,25,29)(H,26,27)/t13?,18?,19?,20-/m0/s1. The third-order valence-electron chi connectivity index (χ3n) is 6.31. The number of likely N-dealkylation sites (N-methyl/N-ethyl adjacent to an activating group) is 1. The number of aromatic nitrogens is 3. The summed E-state index contributed by atoms with van der Waals surface area (Å²) in [4.78, 5) is 32.0. The van der Waals surface area contributed by atoms with Crippen molar-refractivity contribution >= 4 is 17.6 Å². The molecule has 1 aliphatic heterocycles. The molecule has 3 unspecified atom stereocenters. The molecule has 152 valence electrons. The van der Waals surface area contributed by atoms with Crippen molar-refractivity contribution in [2.75, 3.05) is 11.9 Å². The van der Waals surface area contributed by atoms with E-state index in [1.165, 1.54) is 0 Å². The van der Waals surface area contributed by atoms with E-state index in [1.54, 1.807) is 24.2 Å². The Morgan fingerprint density at radius 1 is 1.20 bits per heavy atom. The number of carbonyl (C=O) groups is 2. The van der Waals surface area contributed by atoms with Crippen molar-refractivity contribution in [2.24, 2.45) is 11.8 Å². The number of rotatable bonds is 4. The number of nitrogens with zero attached hydrogens (tertiary/aromatic N) is 3. The van der Waals surface area contributed by atoms with Gasteiger partial charge in [0.2, 0.25) is 0 Å². The number of hydrogen-bond acceptors (Lipinski definition) is 4. The van der Waals surface area contributed by atoms with Crippen LogP contribution in [0.1, 0.15) is 40.2 Å². The maximum Gasteiger partial charge on any atom is 0.272 e. The summed E-state index contributed by atoms with van der Waals surface area (Å²) in [6.45, 7) is 2.12. The zero-order valence-electron chi connectivity index (χ0n) is 16.9. The molecule has 0 spiro atoms. The number of benzene rings is 1. The molecular formula is C23H23N5O2. The van der Waals surface area contributed by atoms with E-state index in [-0.39, 0.29) is 23.7 Å². The molecule has 2 N–H and O–H groups in total. The zero-order valence-corrected chi connectivity index (χ0v) is 16.9. The number of aromatic amines is 1. The molecule has 1 aromatic carbocycles. The monoisotopic (exact) mass is 401 g/mol. The fourth-order valence-electron chi connectivity index (χ4n) is 4.68. The van der Waals surface area contributed by atoms with Crippen LogP contribution in [0.5, 0.6) is 0 Å². The lowest BCUT2D eigenvalue weighted by molar-refractivity contribution is -0.120. The molecule has 0 bridgehead atoms. The van der Waals surface area contributed by atoms with Crippen LogP contribution in [0.25, 0.3) is 0 Å². The number of anilines is 1. The maximum absolute atomic E-state index is 13.1. The number of H-pyrrole nitrogens is 1. The number of amides is 2. The summed E-state index contributed by atoms with van der Waals surface area (Å²) in [6.07, 6.45) is 2.36. The first kappa shape index (κ1) is 18.5. The van der Waals surface area contributed by atoms with Crippen LogP contribution in [0, 0.1) is 11.8 Å². The highest BCUT2D eigenvalue weighted by atomic mass is 16.2. The van der Waals surface area contributed by atoms with Gasteiger partial charge in [-0.05, 0) is 41.0 Å². The summed E-state index contributed by atoms with van der Waals surface area (Å²) in [5, 5.41) is 10.1. The van der Waals surface area contributed by atoms with Crippen LogP contribution in [0.3, 0.4) is 0 Å². The molecule has 1 saturated carbocycles.